The predicted octanol–water partition coefficient (Wildman–Crippen LogP) is 1.38. The van der Waals surface area contributed by atoms with E-state index in [0.29, 0.717) is 31.7 Å². The first-order chi connectivity index (χ1) is 12.5. The number of hydrogen-bond donors (Lipinski definition) is 1. The summed E-state index contributed by atoms with van der Waals surface area (Å²) in [6.45, 7) is 6.00. The zero-order chi connectivity index (χ0) is 18.3. The third kappa shape index (κ3) is 2.67. The second-order valence-corrected chi connectivity index (χ2v) is 7.36. The standard InChI is InChI=1S/C19H23N5O2/c1-13-20-18(22-21-13)19-8-9-23(17(26)15-6-4-3-5-7-15)10-16(19)11-24(12-19)14(2)25/h3-7,16H,8-12H2,1-2H3,(H,20,21,22)/t16-,19-/m1/s1. The molecule has 2 aliphatic heterocycles. The third-order valence-corrected chi connectivity index (χ3v) is 5.76. The van der Waals surface area contributed by atoms with Crippen LogP contribution in [-0.4, -0.2) is 63.0 Å². The summed E-state index contributed by atoms with van der Waals surface area (Å²) in [6, 6.07) is 9.36. The Balaban J connectivity index is 1.62. The Morgan fingerprint density at radius 3 is 2.58 bits per heavy atom. The van der Waals surface area contributed by atoms with Crippen LogP contribution in [0.15, 0.2) is 30.3 Å². The summed E-state index contributed by atoms with van der Waals surface area (Å²) in [5, 5.41) is 7.35. The maximum Gasteiger partial charge on any atom is 0.253 e. The van der Waals surface area contributed by atoms with E-state index in [9.17, 15) is 9.59 Å². The van der Waals surface area contributed by atoms with Crippen LogP contribution in [0.1, 0.15) is 35.4 Å². The van der Waals surface area contributed by atoms with Crippen molar-refractivity contribution < 1.29 is 9.59 Å². The zero-order valence-electron chi connectivity index (χ0n) is 15.1. The number of rotatable bonds is 2. The molecule has 1 aromatic heterocycles. The van der Waals surface area contributed by atoms with Gasteiger partial charge in [-0.3, -0.25) is 14.7 Å². The summed E-state index contributed by atoms with van der Waals surface area (Å²) in [6.07, 6.45) is 0.761. The van der Waals surface area contributed by atoms with Gasteiger partial charge < -0.3 is 9.80 Å². The highest BCUT2D eigenvalue weighted by atomic mass is 16.2. The number of fused-ring (bicyclic) bond motifs is 1. The first kappa shape index (κ1) is 16.8. The van der Waals surface area contributed by atoms with Gasteiger partial charge in [-0.05, 0) is 25.5 Å². The fraction of sp³-hybridized carbons (Fsp3) is 0.474. The van der Waals surface area contributed by atoms with Crippen LogP contribution in [0.4, 0.5) is 0 Å². The van der Waals surface area contributed by atoms with Crippen LogP contribution in [-0.2, 0) is 10.2 Å². The maximum atomic E-state index is 12.9. The number of hydrogen-bond acceptors (Lipinski definition) is 4. The highest BCUT2D eigenvalue weighted by Crippen LogP contribution is 2.44. The number of aromatic nitrogens is 3. The van der Waals surface area contributed by atoms with Crippen molar-refractivity contribution in [2.24, 2.45) is 5.92 Å². The average Bonchev–Trinajstić information content (AvgIpc) is 3.25. The number of nitrogens with one attached hydrogen (secondary N) is 1. The van der Waals surface area contributed by atoms with Gasteiger partial charge in [0, 0.05) is 44.6 Å². The molecule has 7 nitrogen and oxygen atoms in total. The van der Waals surface area contributed by atoms with Crippen molar-refractivity contribution in [3.63, 3.8) is 0 Å². The van der Waals surface area contributed by atoms with Gasteiger partial charge in [-0.1, -0.05) is 18.2 Å². The van der Waals surface area contributed by atoms with E-state index in [1.165, 1.54) is 0 Å². The number of nitrogens with zero attached hydrogens (tertiary/aromatic N) is 4. The van der Waals surface area contributed by atoms with Crippen LogP contribution in [0.2, 0.25) is 0 Å². The molecule has 2 atom stereocenters. The quantitative estimate of drug-likeness (QED) is 0.884. The van der Waals surface area contributed by atoms with E-state index in [1.54, 1.807) is 6.92 Å². The Bertz CT molecular complexity index is 833. The molecule has 1 aromatic carbocycles. The van der Waals surface area contributed by atoms with Crippen molar-refractivity contribution >= 4 is 11.8 Å². The SMILES string of the molecule is CC(=O)N1C[C@H]2CN(C(=O)c3ccccc3)CC[C@@]2(c2n[nH]c(C)n2)C1. The molecule has 0 radical (unpaired) electrons. The lowest BCUT2D eigenvalue weighted by Gasteiger charge is -2.41. The van der Waals surface area contributed by atoms with E-state index in [-0.39, 0.29) is 23.1 Å². The first-order valence-electron chi connectivity index (χ1n) is 8.99. The second kappa shape index (κ2) is 6.23. The van der Waals surface area contributed by atoms with Crippen LogP contribution in [0.25, 0.3) is 0 Å². The molecule has 2 fully saturated rings. The van der Waals surface area contributed by atoms with E-state index in [1.807, 2.05) is 47.1 Å². The summed E-state index contributed by atoms with van der Waals surface area (Å²) in [7, 11) is 0. The van der Waals surface area contributed by atoms with Crippen molar-refractivity contribution in [1.82, 2.24) is 25.0 Å². The number of aryl methyl sites for hydroxylation is 1. The molecule has 0 saturated carbocycles. The molecule has 1 N–H and O–H groups in total. The Hall–Kier alpha value is -2.70. The molecule has 2 amide bonds. The van der Waals surface area contributed by atoms with Gasteiger partial charge in [-0.2, -0.15) is 5.10 Å². The highest BCUT2D eigenvalue weighted by molar-refractivity contribution is 5.94. The highest BCUT2D eigenvalue weighted by Gasteiger charge is 2.54. The Morgan fingerprint density at radius 1 is 1.19 bits per heavy atom. The molecular formula is C19H23N5O2. The van der Waals surface area contributed by atoms with Gasteiger partial charge in [0.1, 0.15) is 5.82 Å². The van der Waals surface area contributed by atoms with Crippen molar-refractivity contribution in [2.75, 3.05) is 26.2 Å². The lowest BCUT2D eigenvalue weighted by atomic mass is 9.71. The molecule has 0 bridgehead atoms. The fourth-order valence-electron chi connectivity index (χ4n) is 4.30. The van der Waals surface area contributed by atoms with Crippen LogP contribution in [0.5, 0.6) is 0 Å². The molecule has 136 valence electrons. The van der Waals surface area contributed by atoms with E-state index < -0.39 is 0 Å². The Morgan fingerprint density at radius 2 is 1.92 bits per heavy atom. The molecule has 0 aliphatic carbocycles. The largest absolute Gasteiger partial charge is 0.342 e. The number of aromatic amines is 1. The zero-order valence-corrected chi connectivity index (χ0v) is 15.1. The summed E-state index contributed by atoms with van der Waals surface area (Å²) >= 11 is 0. The molecule has 0 unspecified atom stereocenters. The number of carbonyl (C=O) groups excluding carboxylic acids is 2. The minimum absolute atomic E-state index is 0.0478. The summed E-state index contributed by atoms with van der Waals surface area (Å²) in [5.74, 6) is 1.80. The third-order valence-electron chi connectivity index (χ3n) is 5.76. The van der Waals surface area contributed by atoms with Crippen molar-refractivity contribution in [2.45, 2.75) is 25.7 Å². The van der Waals surface area contributed by atoms with Gasteiger partial charge in [0.2, 0.25) is 5.91 Å². The number of amides is 2. The molecule has 0 spiro atoms. The van der Waals surface area contributed by atoms with Gasteiger partial charge in [0.05, 0.1) is 5.41 Å². The fourth-order valence-corrected chi connectivity index (χ4v) is 4.30. The normalized spacial score (nSPS) is 25.2. The lowest BCUT2D eigenvalue weighted by molar-refractivity contribution is -0.128. The van der Waals surface area contributed by atoms with E-state index in [0.717, 1.165) is 18.1 Å². The van der Waals surface area contributed by atoms with Crippen LogP contribution >= 0.6 is 0 Å². The molecule has 4 rings (SSSR count). The maximum absolute atomic E-state index is 12.9. The number of likely N-dealkylation sites (tertiary alicyclic amines) is 2. The number of piperidine rings is 1. The number of carbonyl (C=O) groups is 2. The van der Waals surface area contributed by atoms with Gasteiger partial charge in [0.15, 0.2) is 5.82 Å². The Kier molecular flexibility index (Phi) is 4.01. The molecule has 3 heterocycles. The van der Waals surface area contributed by atoms with Crippen molar-refractivity contribution in [1.29, 1.82) is 0 Å². The summed E-state index contributed by atoms with van der Waals surface area (Å²) in [5.41, 5.74) is 0.430. The molecule has 7 heteroatoms. The van der Waals surface area contributed by atoms with Gasteiger partial charge in [-0.25, -0.2) is 4.98 Å². The molecule has 26 heavy (non-hydrogen) atoms. The average molecular weight is 353 g/mol. The molecule has 2 aliphatic rings. The van der Waals surface area contributed by atoms with Crippen molar-refractivity contribution in [3.05, 3.63) is 47.5 Å². The molecule has 2 aromatic rings. The smallest absolute Gasteiger partial charge is 0.253 e. The first-order valence-corrected chi connectivity index (χ1v) is 8.99. The van der Waals surface area contributed by atoms with Gasteiger partial charge >= 0.3 is 0 Å². The van der Waals surface area contributed by atoms with Gasteiger partial charge in [-0.15, -0.1) is 0 Å². The molecular weight excluding hydrogens is 330 g/mol. The second-order valence-electron chi connectivity index (χ2n) is 7.36. The predicted molar refractivity (Wildman–Crippen MR) is 95.5 cm³/mol. The van der Waals surface area contributed by atoms with E-state index >= 15 is 0 Å². The minimum atomic E-state index is -0.274. The van der Waals surface area contributed by atoms with Crippen LogP contribution in [0.3, 0.4) is 0 Å². The van der Waals surface area contributed by atoms with Crippen LogP contribution < -0.4 is 0 Å². The molecule has 2 saturated heterocycles. The Labute approximate surface area is 152 Å². The minimum Gasteiger partial charge on any atom is -0.342 e. The number of H-pyrrole nitrogens is 1. The number of benzene rings is 1. The van der Waals surface area contributed by atoms with Gasteiger partial charge in [0.25, 0.3) is 5.91 Å². The van der Waals surface area contributed by atoms with Crippen LogP contribution in [0, 0.1) is 12.8 Å². The topological polar surface area (TPSA) is 82.2 Å². The van der Waals surface area contributed by atoms with E-state index in [2.05, 4.69) is 15.2 Å². The summed E-state index contributed by atoms with van der Waals surface area (Å²) in [4.78, 5) is 33.2. The van der Waals surface area contributed by atoms with Crippen molar-refractivity contribution in [3.8, 4) is 0 Å². The lowest BCUT2D eigenvalue weighted by Crippen LogP contribution is -2.51. The summed E-state index contributed by atoms with van der Waals surface area (Å²) < 4.78 is 0. The monoisotopic (exact) mass is 353 g/mol. The van der Waals surface area contributed by atoms with E-state index in [4.69, 9.17) is 0 Å².